The Morgan fingerprint density at radius 1 is 1.50 bits per heavy atom. The Kier molecular flexibility index (Phi) is 5.44. The van der Waals surface area contributed by atoms with E-state index in [0.717, 1.165) is 0 Å². The Bertz CT molecular complexity index is 522. The lowest BCUT2D eigenvalue weighted by Crippen LogP contribution is -2.43. The van der Waals surface area contributed by atoms with Gasteiger partial charge in [0.05, 0.1) is 17.0 Å². The fourth-order valence-corrected chi connectivity index (χ4v) is 1.80. The molecule has 0 heterocycles. The number of benzene rings is 1. The second kappa shape index (κ2) is 6.65. The molecule has 1 aromatic rings. The van der Waals surface area contributed by atoms with E-state index in [0.29, 0.717) is 18.7 Å². The lowest BCUT2D eigenvalue weighted by molar-refractivity contribution is -0.121. The van der Waals surface area contributed by atoms with E-state index < -0.39 is 11.2 Å². The summed E-state index contributed by atoms with van der Waals surface area (Å²) >= 11 is 4.93. The van der Waals surface area contributed by atoms with Crippen LogP contribution in [0.5, 0.6) is 5.75 Å². The van der Waals surface area contributed by atoms with Gasteiger partial charge in [0, 0.05) is 11.8 Å². The molecule has 0 bridgehead atoms. The van der Waals surface area contributed by atoms with Crippen LogP contribution in [0.25, 0.3) is 0 Å². The highest BCUT2D eigenvalue weighted by Crippen LogP contribution is 2.26. The number of carbonyl (C=O) groups excluding carboxylic acids is 1. The van der Waals surface area contributed by atoms with Crippen molar-refractivity contribution < 1.29 is 13.9 Å². The van der Waals surface area contributed by atoms with Crippen LogP contribution in [0.2, 0.25) is 0 Å². The highest BCUT2D eigenvalue weighted by atomic mass is 32.1. The number of hydrogen-bond acceptors (Lipinski definition) is 3. The number of carbonyl (C=O) groups is 1. The number of amides is 1. The zero-order valence-corrected chi connectivity index (χ0v) is 12.6. The summed E-state index contributed by atoms with van der Waals surface area (Å²) in [7, 11) is 0. The molecule has 4 nitrogen and oxygen atoms in total. The molecule has 110 valence electrons. The van der Waals surface area contributed by atoms with Crippen LogP contribution in [0.1, 0.15) is 27.2 Å². The van der Waals surface area contributed by atoms with Crippen LogP contribution < -0.4 is 15.8 Å². The van der Waals surface area contributed by atoms with Gasteiger partial charge in [0.15, 0.2) is 11.6 Å². The van der Waals surface area contributed by atoms with E-state index in [9.17, 15) is 9.18 Å². The Balaban J connectivity index is 2.91. The summed E-state index contributed by atoms with van der Waals surface area (Å²) in [5, 5.41) is 2.62. The molecule has 0 aromatic heterocycles. The summed E-state index contributed by atoms with van der Waals surface area (Å²) in [6.07, 6.45) is 0.466. The molecule has 0 aliphatic carbocycles. The fraction of sp³-hybridized carbons (Fsp3) is 0.429. The molecule has 1 rings (SSSR count). The van der Waals surface area contributed by atoms with Crippen molar-refractivity contribution in [2.24, 2.45) is 11.1 Å². The van der Waals surface area contributed by atoms with Gasteiger partial charge >= 0.3 is 0 Å². The normalized spacial score (nSPS) is 13.4. The second-order valence-corrected chi connectivity index (χ2v) is 5.02. The molecule has 0 radical (unpaired) electrons. The summed E-state index contributed by atoms with van der Waals surface area (Å²) in [5.41, 5.74) is 4.99. The number of rotatable bonds is 6. The quantitative estimate of drug-likeness (QED) is 0.793. The highest BCUT2D eigenvalue weighted by molar-refractivity contribution is 7.80. The van der Waals surface area contributed by atoms with Crippen molar-refractivity contribution in [2.45, 2.75) is 27.2 Å². The maximum absolute atomic E-state index is 13.7. The van der Waals surface area contributed by atoms with Crippen LogP contribution >= 0.6 is 12.2 Å². The third kappa shape index (κ3) is 3.45. The first-order chi connectivity index (χ1) is 9.35. The van der Waals surface area contributed by atoms with Gasteiger partial charge in [0.1, 0.15) is 0 Å². The largest absolute Gasteiger partial charge is 0.491 e. The van der Waals surface area contributed by atoms with Crippen molar-refractivity contribution >= 4 is 28.8 Å². The second-order valence-electron chi connectivity index (χ2n) is 4.58. The number of halogens is 1. The zero-order chi connectivity index (χ0) is 15.3. The summed E-state index contributed by atoms with van der Waals surface area (Å²) in [6.45, 7) is 5.62. The van der Waals surface area contributed by atoms with Crippen molar-refractivity contribution in [3.05, 3.63) is 24.0 Å². The summed E-state index contributed by atoms with van der Waals surface area (Å²) in [5.74, 6) is -0.729. The molecule has 0 spiro atoms. The monoisotopic (exact) mass is 298 g/mol. The van der Waals surface area contributed by atoms with E-state index in [2.05, 4.69) is 5.32 Å². The van der Waals surface area contributed by atoms with Gasteiger partial charge in [-0.3, -0.25) is 4.79 Å². The molecule has 0 aliphatic heterocycles. The first-order valence-corrected chi connectivity index (χ1v) is 6.79. The number of nitrogens with two attached hydrogens (primary N) is 1. The van der Waals surface area contributed by atoms with Crippen molar-refractivity contribution in [1.82, 2.24) is 0 Å². The number of ether oxygens (including phenoxy) is 1. The fourth-order valence-electron chi connectivity index (χ4n) is 1.57. The number of nitrogens with one attached hydrogen (secondary N) is 1. The van der Waals surface area contributed by atoms with Gasteiger partial charge in [-0.2, -0.15) is 0 Å². The molecule has 1 aromatic carbocycles. The van der Waals surface area contributed by atoms with Crippen LogP contribution in [-0.4, -0.2) is 17.5 Å². The van der Waals surface area contributed by atoms with E-state index in [1.807, 2.05) is 6.92 Å². The zero-order valence-electron chi connectivity index (χ0n) is 11.8. The van der Waals surface area contributed by atoms with E-state index in [4.69, 9.17) is 22.7 Å². The predicted molar refractivity (Wildman–Crippen MR) is 81.4 cm³/mol. The van der Waals surface area contributed by atoms with Gasteiger partial charge < -0.3 is 15.8 Å². The lowest BCUT2D eigenvalue weighted by Gasteiger charge is -2.25. The Labute approximate surface area is 123 Å². The molecule has 3 N–H and O–H groups in total. The minimum Gasteiger partial charge on any atom is -0.491 e. The maximum Gasteiger partial charge on any atom is 0.237 e. The maximum atomic E-state index is 13.7. The molecule has 0 saturated carbocycles. The Morgan fingerprint density at radius 2 is 2.15 bits per heavy atom. The van der Waals surface area contributed by atoms with Crippen molar-refractivity contribution in [2.75, 3.05) is 11.9 Å². The molecule has 1 amide bonds. The van der Waals surface area contributed by atoms with E-state index in [-0.39, 0.29) is 16.6 Å². The standard InChI is InChI=1S/C14H19FN2O2S/c1-4-14(3,12(16)20)13(18)17-9-6-7-11(19-5-2)10(15)8-9/h6-8H,4-5H2,1-3H3,(H2,16,20)(H,17,18). The SMILES string of the molecule is CCOc1ccc(NC(=O)C(C)(CC)C(N)=S)cc1F. The number of anilines is 1. The van der Waals surface area contributed by atoms with Gasteiger partial charge in [-0.15, -0.1) is 0 Å². The number of thiocarbonyl (C=S) groups is 1. The molecule has 20 heavy (non-hydrogen) atoms. The number of hydrogen-bond donors (Lipinski definition) is 2. The molecule has 0 aliphatic rings. The predicted octanol–water partition coefficient (Wildman–Crippen LogP) is 2.87. The van der Waals surface area contributed by atoms with Crippen molar-refractivity contribution in [3.63, 3.8) is 0 Å². The average molecular weight is 298 g/mol. The van der Waals surface area contributed by atoms with Crippen LogP contribution in [0, 0.1) is 11.2 Å². The lowest BCUT2D eigenvalue weighted by atomic mass is 9.86. The highest BCUT2D eigenvalue weighted by Gasteiger charge is 2.34. The van der Waals surface area contributed by atoms with Gasteiger partial charge in [-0.1, -0.05) is 19.1 Å². The first kappa shape index (κ1) is 16.4. The van der Waals surface area contributed by atoms with E-state index in [1.54, 1.807) is 19.9 Å². The molecule has 6 heteroatoms. The van der Waals surface area contributed by atoms with Crippen molar-refractivity contribution in [1.29, 1.82) is 0 Å². The molecule has 0 fully saturated rings. The summed E-state index contributed by atoms with van der Waals surface area (Å²) in [4.78, 5) is 12.3. The van der Waals surface area contributed by atoms with E-state index in [1.165, 1.54) is 12.1 Å². The molecule has 1 atom stereocenters. The minimum atomic E-state index is -0.954. The van der Waals surface area contributed by atoms with Crippen LogP contribution in [-0.2, 0) is 4.79 Å². The Hall–Kier alpha value is -1.69. The van der Waals surface area contributed by atoms with Gasteiger partial charge in [0.2, 0.25) is 5.91 Å². The average Bonchev–Trinajstić information content (AvgIpc) is 2.40. The van der Waals surface area contributed by atoms with Gasteiger partial charge in [-0.25, -0.2) is 4.39 Å². The third-order valence-electron chi connectivity index (χ3n) is 3.24. The van der Waals surface area contributed by atoms with Crippen LogP contribution in [0.15, 0.2) is 18.2 Å². The molecular formula is C14H19FN2O2S. The van der Waals surface area contributed by atoms with Gasteiger partial charge in [0.25, 0.3) is 0 Å². The van der Waals surface area contributed by atoms with E-state index >= 15 is 0 Å². The summed E-state index contributed by atoms with van der Waals surface area (Å²) < 4.78 is 18.8. The topological polar surface area (TPSA) is 64.3 Å². The Morgan fingerprint density at radius 3 is 2.60 bits per heavy atom. The van der Waals surface area contributed by atoms with Gasteiger partial charge in [-0.05, 0) is 32.4 Å². The van der Waals surface area contributed by atoms with Crippen molar-refractivity contribution in [3.8, 4) is 5.75 Å². The smallest absolute Gasteiger partial charge is 0.237 e. The first-order valence-electron chi connectivity index (χ1n) is 6.38. The summed E-state index contributed by atoms with van der Waals surface area (Å²) in [6, 6.07) is 4.25. The van der Waals surface area contributed by atoms with Crippen LogP contribution in [0.3, 0.4) is 0 Å². The third-order valence-corrected chi connectivity index (χ3v) is 3.69. The molecular weight excluding hydrogens is 279 g/mol. The molecule has 0 saturated heterocycles. The van der Waals surface area contributed by atoms with Crippen LogP contribution in [0.4, 0.5) is 10.1 Å². The minimum absolute atomic E-state index is 0.115. The molecule has 1 unspecified atom stereocenters.